The van der Waals surface area contributed by atoms with Gasteiger partial charge in [-0.15, -0.1) is 0 Å². The molecule has 0 atom stereocenters. The molecule has 3 nitrogen and oxygen atoms in total. The molecule has 0 saturated carbocycles. The predicted octanol–water partition coefficient (Wildman–Crippen LogP) is 1.39. The van der Waals surface area contributed by atoms with Gasteiger partial charge in [0, 0.05) is 25.0 Å². The van der Waals surface area contributed by atoms with Crippen molar-refractivity contribution in [2.24, 2.45) is 5.73 Å². The quantitative estimate of drug-likeness (QED) is 0.761. The zero-order chi connectivity index (χ0) is 9.68. The number of nitrogens with zero attached hydrogens (tertiary/aromatic N) is 1. The summed E-state index contributed by atoms with van der Waals surface area (Å²) in [5.74, 6) is 0. The molecule has 1 aromatic rings. The molecule has 72 valence electrons. The zero-order valence-electron chi connectivity index (χ0n) is 8.21. The topological polar surface area (TPSA) is 48.1 Å². The standard InChI is InChI=1S/C10H16N2O/c1-3-13-7-9-4-8(2)12-6-10(9)5-11/h4,6H,3,5,7,11H2,1-2H3. The van der Waals surface area contributed by atoms with E-state index in [9.17, 15) is 0 Å². The second-order valence-electron chi connectivity index (χ2n) is 2.94. The Morgan fingerprint density at radius 1 is 1.46 bits per heavy atom. The molecule has 3 heteroatoms. The van der Waals surface area contributed by atoms with Crippen LogP contribution in [0.2, 0.25) is 0 Å². The van der Waals surface area contributed by atoms with Gasteiger partial charge in [0.2, 0.25) is 0 Å². The Kier molecular flexibility index (Phi) is 3.86. The SMILES string of the molecule is CCOCc1cc(C)ncc1CN. The minimum Gasteiger partial charge on any atom is -0.377 e. The lowest BCUT2D eigenvalue weighted by Gasteiger charge is -2.07. The van der Waals surface area contributed by atoms with Crippen molar-refractivity contribution in [3.05, 3.63) is 29.1 Å². The third kappa shape index (κ3) is 2.79. The van der Waals surface area contributed by atoms with Gasteiger partial charge in [0.15, 0.2) is 0 Å². The van der Waals surface area contributed by atoms with Crippen molar-refractivity contribution in [1.29, 1.82) is 0 Å². The smallest absolute Gasteiger partial charge is 0.0721 e. The Bertz CT molecular complexity index is 274. The predicted molar refractivity (Wildman–Crippen MR) is 52.2 cm³/mol. The molecular weight excluding hydrogens is 164 g/mol. The molecule has 1 heterocycles. The van der Waals surface area contributed by atoms with E-state index in [0.29, 0.717) is 13.2 Å². The molecule has 13 heavy (non-hydrogen) atoms. The molecule has 0 unspecified atom stereocenters. The highest BCUT2D eigenvalue weighted by molar-refractivity contribution is 5.25. The maximum Gasteiger partial charge on any atom is 0.0721 e. The molecule has 0 amide bonds. The number of rotatable bonds is 4. The van der Waals surface area contributed by atoms with Crippen molar-refractivity contribution in [3.8, 4) is 0 Å². The molecular formula is C10H16N2O. The van der Waals surface area contributed by atoms with Crippen LogP contribution in [-0.4, -0.2) is 11.6 Å². The average Bonchev–Trinajstić information content (AvgIpc) is 2.15. The van der Waals surface area contributed by atoms with Gasteiger partial charge in [-0.2, -0.15) is 0 Å². The minimum atomic E-state index is 0.523. The molecule has 0 aliphatic carbocycles. The molecule has 0 saturated heterocycles. The number of ether oxygens (including phenoxy) is 1. The summed E-state index contributed by atoms with van der Waals surface area (Å²) in [6.07, 6.45) is 1.82. The van der Waals surface area contributed by atoms with E-state index in [2.05, 4.69) is 4.98 Å². The molecule has 0 fully saturated rings. The van der Waals surface area contributed by atoms with E-state index in [4.69, 9.17) is 10.5 Å². The van der Waals surface area contributed by atoms with Gasteiger partial charge in [0.25, 0.3) is 0 Å². The van der Waals surface area contributed by atoms with Crippen LogP contribution in [0.15, 0.2) is 12.3 Å². The van der Waals surface area contributed by atoms with Crippen LogP contribution >= 0.6 is 0 Å². The monoisotopic (exact) mass is 180 g/mol. The first-order valence-corrected chi connectivity index (χ1v) is 4.50. The number of hydrogen-bond donors (Lipinski definition) is 1. The van der Waals surface area contributed by atoms with E-state index < -0.39 is 0 Å². The molecule has 0 spiro atoms. The van der Waals surface area contributed by atoms with Crippen LogP contribution in [0, 0.1) is 6.92 Å². The van der Waals surface area contributed by atoms with Crippen molar-refractivity contribution in [2.45, 2.75) is 27.0 Å². The summed E-state index contributed by atoms with van der Waals surface area (Å²) in [7, 11) is 0. The third-order valence-electron chi connectivity index (χ3n) is 1.90. The zero-order valence-corrected chi connectivity index (χ0v) is 8.21. The molecule has 0 bridgehead atoms. The summed E-state index contributed by atoms with van der Waals surface area (Å²) in [6.45, 7) is 5.83. The summed E-state index contributed by atoms with van der Waals surface area (Å²) < 4.78 is 5.33. The first-order valence-electron chi connectivity index (χ1n) is 4.50. The van der Waals surface area contributed by atoms with E-state index in [1.165, 1.54) is 0 Å². The lowest BCUT2D eigenvalue weighted by Crippen LogP contribution is -2.04. The summed E-state index contributed by atoms with van der Waals surface area (Å²) in [5, 5.41) is 0. The number of aryl methyl sites for hydroxylation is 1. The van der Waals surface area contributed by atoms with Crippen molar-refractivity contribution in [3.63, 3.8) is 0 Å². The van der Waals surface area contributed by atoms with Crippen molar-refractivity contribution >= 4 is 0 Å². The Balaban J connectivity index is 2.81. The van der Waals surface area contributed by atoms with Crippen molar-refractivity contribution in [1.82, 2.24) is 4.98 Å². The summed E-state index contributed by atoms with van der Waals surface area (Å²) >= 11 is 0. The van der Waals surface area contributed by atoms with Gasteiger partial charge in [-0.3, -0.25) is 4.98 Å². The second kappa shape index (κ2) is 4.94. The van der Waals surface area contributed by atoms with Crippen LogP contribution < -0.4 is 5.73 Å². The Morgan fingerprint density at radius 3 is 2.85 bits per heavy atom. The van der Waals surface area contributed by atoms with Crippen LogP contribution in [0.5, 0.6) is 0 Å². The molecule has 2 N–H and O–H groups in total. The highest BCUT2D eigenvalue weighted by Gasteiger charge is 2.01. The first-order chi connectivity index (χ1) is 6.27. The number of nitrogens with two attached hydrogens (primary N) is 1. The van der Waals surface area contributed by atoms with E-state index in [-0.39, 0.29) is 0 Å². The lowest BCUT2D eigenvalue weighted by molar-refractivity contribution is 0.133. The molecule has 0 aromatic carbocycles. The van der Waals surface area contributed by atoms with E-state index in [1.807, 2.05) is 26.1 Å². The molecule has 0 aliphatic heterocycles. The molecule has 0 aliphatic rings. The fourth-order valence-electron chi connectivity index (χ4n) is 1.17. The van der Waals surface area contributed by atoms with Crippen LogP contribution in [-0.2, 0) is 17.9 Å². The van der Waals surface area contributed by atoms with Gasteiger partial charge < -0.3 is 10.5 Å². The number of hydrogen-bond acceptors (Lipinski definition) is 3. The number of pyridine rings is 1. The minimum absolute atomic E-state index is 0.523. The van der Waals surface area contributed by atoms with E-state index in [0.717, 1.165) is 23.4 Å². The Hall–Kier alpha value is -0.930. The van der Waals surface area contributed by atoms with Crippen LogP contribution in [0.3, 0.4) is 0 Å². The molecule has 0 radical (unpaired) electrons. The van der Waals surface area contributed by atoms with E-state index >= 15 is 0 Å². The maximum atomic E-state index is 5.58. The average molecular weight is 180 g/mol. The maximum absolute atomic E-state index is 5.58. The summed E-state index contributed by atoms with van der Waals surface area (Å²) in [5.41, 5.74) is 8.80. The Morgan fingerprint density at radius 2 is 2.23 bits per heavy atom. The first kappa shape index (κ1) is 10.2. The summed E-state index contributed by atoms with van der Waals surface area (Å²) in [4.78, 5) is 4.18. The van der Waals surface area contributed by atoms with Gasteiger partial charge in [0.05, 0.1) is 6.61 Å². The Labute approximate surface area is 78.9 Å². The third-order valence-corrected chi connectivity index (χ3v) is 1.90. The highest BCUT2D eigenvalue weighted by Crippen LogP contribution is 2.09. The number of aromatic nitrogens is 1. The second-order valence-corrected chi connectivity index (χ2v) is 2.94. The van der Waals surface area contributed by atoms with Crippen molar-refractivity contribution in [2.75, 3.05) is 6.61 Å². The summed E-state index contributed by atoms with van der Waals surface area (Å²) in [6, 6.07) is 2.03. The van der Waals surface area contributed by atoms with Gasteiger partial charge in [-0.05, 0) is 31.0 Å². The van der Waals surface area contributed by atoms with Gasteiger partial charge in [-0.1, -0.05) is 0 Å². The van der Waals surface area contributed by atoms with Gasteiger partial charge in [0.1, 0.15) is 0 Å². The van der Waals surface area contributed by atoms with Gasteiger partial charge >= 0.3 is 0 Å². The fourth-order valence-corrected chi connectivity index (χ4v) is 1.17. The van der Waals surface area contributed by atoms with E-state index in [1.54, 1.807) is 0 Å². The molecule has 1 aromatic heterocycles. The molecule has 1 rings (SSSR count). The largest absolute Gasteiger partial charge is 0.377 e. The lowest BCUT2D eigenvalue weighted by atomic mass is 10.1. The van der Waals surface area contributed by atoms with Gasteiger partial charge in [-0.25, -0.2) is 0 Å². The van der Waals surface area contributed by atoms with Crippen LogP contribution in [0.1, 0.15) is 23.7 Å². The van der Waals surface area contributed by atoms with Crippen LogP contribution in [0.4, 0.5) is 0 Å². The van der Waals surface area contributed by atoms with Crippen molar-refractivity contribution < 1.29 is 4.74 Å². The highest BCUT2D eigenvalue weighted by atomic mass is 16.5. The normalized spacial score (nSPS) is 10.4. The fraction of sp³-hybridized carbons (Fsp3) is 0.500. The van der Waals surface area contributed by atoms with Crippen LogP contribution in [0.25, 0.3) is 0 Å².